The number of hydrogen-bond acceptors (Lipinski definition) is 6. The number of sulfone groups is 1. The zero-order chi connectivity index (χ0) is 16.3. The highest BCUT2D eigenvalue weighted by molar-refractivity contribution is 7.90. The van der Waals surface area contributed by atoms with E-state index in [9.17, 15) is 8.42 Å². The summed E-state index contributed by atoms with van der Waals surface area (Å²) in [6.45, 7) is 3.73. The summed E-state index contributed by atoms with van der Waals surface area (Å²) in [6, 6.07) is 6.38. The fourth-order valence-electron chi connectivity index (χ4n) is 2.03. The van der Waals surface area contributed by atoms with E-state index in [0.717, 1.165) is 0 Å². The van der Waals surface area contributed by atoms with Crippen LogP contribution in [-0.2, 0) is 9.84 Å². The number of benzene rings is 1. The molecule has 1 heterocycles. The van der Waals surface area contributed by atoms with Gasteiger partial charge < -0.3 is 4.52 Å². The Hall–Kier alpha value is -1.99. The molecule has 0 spiro atoms. The van der Waals surface area contributed by atoms with E-state index in [1.807, 2.05) is 19.0 Å². The Morgan fingerprint density at radius 3 is 2.45 bits per heavy atom. The molecule has 0 aliphatic heterocycles. The van der Waals surface area contributed by atoms with Crippen molar-refractivity contribution in [1.29, 1.82) is 0 Å². The zero-order valence-corrected chi connectivity index (χ0v) is 13.7. The predicted octanol–water partition coefficient (Wildman–Crippen LogP) is 2.32. The maximum atomic E-state index is 11.5. The molecule has 0 aliphatic carbocycles. The summed E-state index contributed by atoms with van der Waals surface area (Å²) in [6.07, 6.45) is 3.67. The highest BCUT2D eigenvalue weighted by Gasteiger charge is 2.20. The second-order valence-corrected chi connectivity index (χ2v) is 7.27. The Balaban J connectivity index is 2.29. The number of rotatable bonds is 6. The minimum atomic E-state index is -3.21. The molecule has 0 radical (unpaired) electrons. The monoisotopic (exact) mass is 321 g/mol. The van der Waals surface area contributed by atoms with E-state index in [-0.39, 0.29) is 10.9 Å². The fourth-order valence-corrected chi connectivity index (χ4v) is 2.66. The molecule has 0 saturated heterocycles. The quantitative estimate of drug-likeness (QED) is 0.760. The highest BCUT2D eigenvalue weighted by atomic mass is 32.2. The Kier molecular flexibility index (Phi) is 4.77. The molecule has 7 heteroatoms. The van der Waals surface area contributed by atoms with Crippen LogP contribution in [0.5, 0.6) is 0 Å². The fraction of sp³-hybridized carbons (Fsp3) is 0.333. The molecule has 0 N–H and O–H groups in total. The summed E-state index contributed by atoms with van der Waals surface area (Å²) in [5.74, 6) is 0.943. The second kappa shape index (κ2) is 6.41. The molecule has 118 valence electrons. The first-order chi connectivity index (χ1) is 10.3. The first-order valence-electron chi connectivity index (χ1n) is 6.74. The molecule has 0 amide bonds. The van der Waals surface area contributed by atoms with Crippen molar-refractivity contribution in [2.45, 2.75) is 17.4 Å². The van der Waals surface area contributed by atoms with Gasteiger partial charge in [-0.3, -0.25) is 4.90 Å². The summed E-state index contributed by atoms with van der Waals surface area (Å²) in [5.41, 5.74) is 0.707. The maximum Gasteiger partial charge on any atom is 0.244 e. The standard InChI is InChI=1S/C15H19N3O3S/c1-5-6-13(18(2)3)15-16-14(17-21-15)11-7-9-12(10-8-11)22(4,19)20/h5,7-10,13H,1,6H2,2-4H3. The first kappa shape index (κ1) is 16.4. The van der Waals surface area contributed by atoms with Gasteiger partial charge in [-0.15, -0.1) is 6.58 Å². The van der Waals surface area contributed by atoms with Crippen molar-refractivity contribution in [2.24, 2.45) is 0 Å². The smallest absolute Gasteiger partial charge is 0.244 e. The van der Waals surface area contributed by atoms with E-state index in [1.165, 1.54) is 18.4 Å². The van der Waals surface area contributed by atoms with Crippen LogP contribution in [0, 0.1) is 0 Å². The summed E-state index contributed by atoms with van der Waals surface area (Å²) < 4.78 is 28.2. The molecule has 22 heavy (non-hydrogen) atoms. The normalized spacial score (nSPS) is 13.3. The Morgan fingerprint density at radius 1 is 1.32 bits per heavy atom. The Morgan fingerprint density at radius 2 is 1.95 bits per heavy atom. The van der Waals surface area contributed by atoms with E-state index in [0.29, 0.717) is 23.7 Å². The van der Waals surface area contributed by atoms with Gasteiger partial charge in [0.05, 0.1) is 10.9 Å². The van der Waals surface area contributed by atoms with Crippen molar-refractivity contribution in [3.05, 3.63) is 42.8 Å². The zero-order valence-electron chi connectivity index (χ0n) is 12.9. The van der Waals surface area contributed by atoms with Crippen LogP contribution < -0.4 is 0 Å². The summed E-state index contributed by atoms with van der Waals surface area (Å²) in [4.78, 5) is 6.64. The molecule has 0 aliphatic rings. The molecule has 1 atom stereocenters. The molecule has 2 aromatic rings. The number of nitrogens with zero attached hydrogens (tertiary/aromatic N) is 3. The molecule has 1 aromatic heterocycles. The van der Waals surface area contributed by atoms with Gasteiger partial charge in [0.25, 0.3) is 0 Å². The van der Waals surface area contributed by atoms with Crippen LogP contribution in [-0.4, -0.2) is 43.8 Å². The number of aromatic nitrogens is 2. The SMILES string of the molecule is C=CCC(c1nc(-c2ccc(S(C)(=O)=O)cc2)no1)N(C)C. The van der Waals surface area contributed by atoms with Crippen molar-refractivity contribution in [3.63, 3.8) is 0 Å². The van der Waals surface area contributed by atoms with Gasteiger partial charge in [-0.2, -0.15) is 4.98 Å². The van der Waals surface area contributed by atoms with Crippen LogP contribution >= 0.6 is 0 Å². The lowest BCUT2D eigenvalue weighted by atomic mass is 10.2. The molecular formula is C15H19N3O3S. The van der Waals surface area contributed by atoms with Gasteiger partial charge in [0, 0.05) is 11.8 Å². The summed E-state index contributed by atoms with van der Waals surface area (Å²) in [5, 5.41) is 3.97. The second-order valence-electron chi connectivity index (χ2n) is 5.26. The molecular weight excluding hydrogens is 302 g/mol. The van der Waals surface area contributed by atoms with Gasteiger partial charge >= 0.3 is 0 Å². The maximum absolute atomic E-state index is 11.5. The topological polar surface area (TPSA) is 76.3 Å². The van der Waals surface area contributed by atoms with Crippen molar-refractivity contribution in [3.8, 4) is 11.4 Å². The average molecular weight is 321 g/mol. The molecule has 1 aromatic carbocycles. The van der Waals surface area contributed by atoms with E-state index in [4.69, 9.17) is 4.52 Å². The third-order valence-electron chi connectivity index (χ3n) is 3.28. The minimum Gasteiger partial charge on any atom is -0.337 e. The van der Waals surface area contributed by atoms with Crippen LogP contribution in [0.15, 0.2) is 46.3 Å². The third-order valence-corrected chi connectivity index (χ3v) is 4.41. The lowest BCUT2D eigenvalue weighted by molar-refractivity contribution is 0.231. The molecule has 0 saturated carbocycles. The van der Waals surface area contributed by atoms with E-state index >= 15 is 0 Å². The lowest BCUT2D eigenvalue weighted by Gasteiger charge is -2.18. The van der Waals surface area contributed by atoms with Crippen molar-refractivity contribution < 1.29 is 12.9 Å². The first-order valence-corrected chi connectivity index (χ1v) is 8.63. The van der Waals surface area contributed by atoms with Gasteiger partial charge in [0.15, 0.2) is 9.84 Å². The average Bonchev–Trinajstić information content (AvgIpc) is 2.93. The molecule has 0 bridgehead atoms. The summed E-state index contributed by atoms with van der Waals surface area (Å²) >= 11 is 0. The third kappa shape index (κ3) is 3.61. The van der Waals surface area contributed by atoms with Gasteiger partial charge in [-0.05, 0) is 44.8 Å². The summed E-state index contributed by atoms with van der Waals surface area (Å²) in [7, 11) is 0.648. The van der Waals surface area contributed by atoms with Gasteiger partial charge in [0.2, 0.25) is 11.7 Å². The molecule has 2 rings (SSSR count). The van der Waals surface area contributed by atoms with Crippen LogP contribution in [0.2, 0.25) is 0 Å². The van der Waals surface area contributed by atoms with Crippen molar-refractivity contribution in [1.82, 2.24) is 15.0 Å². The van der Waals surface area contributed by atoms with Gasteiger partial charge in [0.1, 0.15) is 0 Å². The predicted molar refractivity (Wildman–Crippen MR) is 84.1 cm³/mol. The molecule has 1 unspecified atom stereocenters. The van der Waals surface area contributed by atoms with Crippen LogP contribution in [0.3, 0.4) is 0 Å². The molecule has 0 fully saturated rings. The Bertz CT molecular complexity index is 749. The van der Waals surface area contributed by atoms with Crippen LogP contribution in [0.1, 0.15) is 18.4 Å². The van der Waals surface area contributed by atoms with Gasteiger partial charge in [-0.1, -0.05) is 11.2 Å². The van der Waals surface area contributed by atoms with Crippen LogP contribution in [0.25, 0.3) is 11.4 Å². The van der Waals surface area contributed by atoms with Gasteiger partial charge in [-0.25, -0.2) is 8.42 Å². The van der Waals surface area contributed by atoms with E-state index < -0.39 is 9.84 Å². The van der Waals surface area contributed by atoms with E-state index in [2.05, 4.69) is 16.7 Å². The highest BCUT2D eigenvalue weighted by Crippen LogP contribution is 2.24. The van der Waals surface area contributed by atoms with Crippen molar-refractivity contribution in [2.75, 3.05) is 20.4 Å². The van der Waals surface area contributed by atoms with E-state index in [1.54, 1.807) is 18.2 Å². The van der Waals surface area contributed by atoms with Crippen LogP contribution in [0.4, 0.5) is 0 Å². The number of hydrogen-bond donors (Lipinski definition) is 0. The lowest BCUT2D eigenvalue weighted by Crippen LogP contribution is -2.19. The Labute approximate surface area is 130 Å². The molecule has 6 nitrogen and oxygen atoms in total. The largest absolute Gasteiger partial charge is 0.337 e. The van der Waals surface area contributed by atoms with Crippen molar-refractivity contribution >= 4 is 9.84 Å². The minimum absolute atomic E-state index is 0.0333.